The van der Waals surface area contributed by atoms with Crippen molar-refractivity contribution in [3.8, 4) is 6.07 Å². The summed E-state index contributed by atoms with van der Waals surface area (Å²) in [5, 5.41) is 22.6. The first-order chi connectivity index (χ1) is 11.8. The highest BCUT2D eigenvalue weighted by molar-refractivity contribution is 7.07. The monoisotopic (exact) mass is 340 g/mol. The molecule has 4 nitrogen and oxygen atoms in total. The molecular weight excluding hydrogens is 316 g/mol. The number of thiophene rings is 1. The Kier molecular flexibility index (Phi) is 4.41. The molecule has 126 valence electrons. The van der Waals surface area contributed by atoms with E-state index in [1.165, 1.54) is 37.7 Å². The second-order valence-corrected chi connectivity index (χ2v) is 8.19. The molecule has 1 atom stereocenters. The smallest absolute Gasteiger partial charge is 0.150 e. The molecule has 2 aromatic heterocycles. The van der Waals surface area contributed by atoms with Crippen LogP contribution in [0.3, 0.4) is 0 Å². The topological polar surface area (TPSA) is 54.5 Å². The zero-order valence-corrected chi connectivity index (χ0v) is 14.8. The molecule has 4 rings (SSSR count). The van der Waals surface area contributed by atoms with E-state index in [4.69, 9.17) is 0 Å². The molecule has 2 heterocycles. The van der Waals surface area contributed by atoms with Gasteiger partial charge in [0.1, 0.15) is 0 Å². The third-order valence-electron chi connectivity index (χ3n) is 5.80. The molecule has 0 aliphatic heterocycles. The van der Waals surface area contributed by atoms with Gasteiger partial charge in [0.25, 0.3) is 0 Å². The summed E-state index contributed by atoms with van der Waals surface area (Å²) in [5.74, 6) is 1.20. The van der Waals surface area contributed by atoms with Crippen LogP contribution in [0.5, 0.6) is 0 Å². The van der Waals surface area contributed by atoms with Crippen molar-refractivity contribution in [2.45, 2.75) is 69.2 Å². The summed E-state index contributed by atoms with van der Waals surface area (Å²) in [6, 6.07) is 4.65. The van der Waals surface area contributed by atoms with E-state index in [0.29, 0.717) is 5.92 Å². The van der Waals surface area contributed by atoms with Crippen LogP contribution in [-0.2, 0) is 12.0 Å². The predicted octanol–water partition coefficient (Wildman–Crippen LogP) is 4.65. The Balaban J connectivity index is 1.54. The van der Waals surface area contributed by atoms with Crippen molar-refractivity contribution in [1.82, 2.24) is 15.0 Å². The summed E-state index contributed by atoms with van der Waals surface area (Å²) in [6.45, 7) is 0. The maximum atomic E-state index is 9.40. The highest BCUT2D eigenvalue weighted by Crippen LogP contribution is 2.43. The number of hydrogen-bond donors (Lipinski definition) is 0. The summed E-state index contributed by atoms with van der Waals surface area (Å²) in [7, 11) is 0. The molecule has 0 bridgehead atoms. The molecule has 2 aromatic rings. The molecule has 2 saturated carbocycles. The van der Waals surface area contributed by atoms with Crippen LogP contribution in [0.2, 0.25) is 0 Å². The van der Waals surface area contributed by atoms with E-state index >= 15 is 0 Å². The van der Waals surface area contributed by atoms with E-state index in [-0.39, 0.29) is 0 Å². The standard InChI is InChI=1S/C19H24N4S/c20-14-19(9-10-19)23-12-18(21-22-23)17(16-4-2-1-3-5-16)7-6-15-8-11-24-13-15/h8,11-13,16-17H,1-7,9-10H2/t17-/m0/s1. The quantitative estimate of drug-likeness (QED) is 0.769. The maximum absolute atomic E-state index is 9.40. The summed E-state index contributed by atoms with van der Waals surface area (Å²) in [6.07, 6.45) is 12.8. The van der Waals surface area contributed by atoms with Crippen LogP contribution in [-0.4, -0.2) is 15.0 Å². The van der Waals surface area contributed by atoms with Gasteiger partial charge in [-0.1, -0.05) is 24.5 Å². The number of nitrogens with zero attached hydrogens (tertiary/aromatic N) is 4. The van der Waals surface area contributed by atoms with Gasteiger partial charge in [-0.25, -0.2) is 4.68 Å². The summed E-state index contributed by atoms with van der Waals surface area (Å²) in [4.78, 5) is 0. The van der Waals surface area contributed by atoms with Crippen LogP contribution in [0, 0.1) is 17.2 Å². The van der Waals surface area contributed by atoms with Crippen molar-refractivity contribution in [2.75, 3.05) is 0 Å². The van der Waals surface area contributed by atoms with Crippen molar-refractivity contribution >= 4 is 11.3 Å². The highest BCUT2D eigenvalue weighted by atomic mass is 32.1. The lowest BCUT2D eigenvalue weighted by atomic mass is 9.76. The van der Waals surface area contributed by atoms with Gasteiger partial charge in [0.2, 0.25) is 0 Å². The van der Waals surface area contributed by atoms with Crippen LogP contribution >= 0.6 is 11.3 Å². The number of aromatic nitrogens is 3. The predicted molar refractivity (Wildman–Crippen MR) is 94.8 cm³/mol. The van der Waals surface area contributed by atoms with Crippen LogP contribution < -0.4 is 0 Å². The van der Waals surface area contributed by atoms with Crippen molar-refractivity contribution in [1.29, 1.82) is 5.26 Å². The summed E-state index contributed by atoms with van der Waals surface area (Å²) in [5.41, 5.74) is 2.15. The Morgan fingerprint density at radius 1 is 1.33 bits per heavy atom. The largest absolute Gasteiger partial charge is 0.232 e. The van der Waals surface area contributed by atoms with E-state index < -0.39 is 5.54 Å². The second kappa shape index (κ2) is 6.68. The van der Waals surface area contributed by atoms with Crippen LogP contribution in [0.1, 0.15) is 68.5 Å². The second-order valence-electron chi connectivity index (χ2n) is 7.41. The van der Waals surface area contributed by atoms with Crippen LogP contribution in [0.15, 0.2) is 23.0 Å². The summed E-state index contributed by atoms with van der Waals surface area (Å²) < 4.78 is 1.84. The molecule has 0 N–H and O–H groups in total. The molecule has 2 fully saturated rings. The molecule has 0 aromatic carbocycles. The average Bonchev–Trinajstić information content (AvgIpc) is 3.01. The molecule has 0 unspecified atom stereocenters. The number of hydrogen-bond acceptors (Lipinski definition) is 4. The maximum Gasteiger partial charge on any atom is 0.150 e. The van der Waals surface area contributed by atoms with Gasteiger partial charge >= 0.3 is 0 Å². The van der Waals surface area contributed by atoms with Crippen molar-refractivity contribution in [3.63, 3.8) is 0 Å². The Labute approximate surface area is 147 Å². The van der Waals surface area contributed by atoms with Gasteiger partial charge in [0, 0.05) is 5.92 Å². The van der Waals surface area contributed by atoms with Crippen molar-refractivity contribution in [2.24, 2.45) is 5.92 Å². The third kappa shape index (κ3) is 3.12. The van der Waals surface area contributed by atoms with Crippen LogP contribution in [0.4, 0.5) is 0 Å². The molecule has 0 spiro atoms. The molecule has 24 heavy (non-hydrogen) atoms. The molecule has 0 radical (unpaired) electrons. The molecule has 5 heteroatoms. The Hall–Kier alpha value is -1.67. The van der Waals surface area contributed by atoms with E-state index in [9.17, 15) is 5.26 Å². The van der Waals surface area contributed by atoms with E-state index in [0.717, 1.165) is 37.3 Å². The lowest BCUT2D eigenvalue weighted by Crippen LogP contribution is -2.18. The SMILES string of the molecule is N#CC1(n2cc([C@@H](CCc3ccsc3)C3CCCCC3)nn2)CC1. The Morgan fingerprint density at radius 3 is 2.83 bits per heavy atom. The van der Waals surface area contributed by atoms with Gasteiger partial charge in [0.05, 0.1) is 18.0 Å². The van der Waals surface area contributed by atoms with Gasteiger partial charge < -0.3 is 0 Å². The zero-order valence-electron chi connectivity index (χ0n) is 14.0. The lowest BCUT2D eigenvalue weighted by molar-refractivity contribution is 0.290. The molecule has 0 amide bonds. The first kappa shape index (κ1) is 15.8. The van der Waals surface area contributed by atoms with Crippen molar-refractivity contribution < 1.29 is 0 Å². The van der Waals surface area contributed by atoms with E-state index in [1.807, 2.05) is 4.68 Å². The minimum atomic E-state index is -0.393. The van der Waals surface area contributed by atoms with Gasteiger partial charge in [-0.15, -0.1) is 5.10 Å². The summed E-state index contributed by atoms with van der Waals surface area (Å²) >= 11 is 1.77. The van der Waals surface area contributed by atoms with Gasteiger partial charge in [-0.3, -0.25) is 0 Å². The number of rotatable bonds is 6. The van der Waals surface area contributed by atoms with Gasteiger partial charge in [0.15, 0.2) is 5.54 Å². The molecule has 0 saturated heterocycles. The fourth-order valence-corrected chi connectivity index (χ4v) is 4.79. The minimum Gasteiger partial charge on any atom is -0.232 e. The first-order valence-corrected chi connectivity index (χ1v) is 10.1. The third-order valence-corrected chi connectivity index (χ3v) is 6.54. The highest BCUT2D eigenvalue weighted by Gasteiger charge is 2.47. The Morgan fingerprint density at radius 2 is 2.17 bits per heavy atom. The minimum absolute atomic E-state index is 0.393. The molecule has 2 aliphatic carbocycles. The fourth-order valence-electron chi connectivity index (χ4n) is 4.09. The Bertz CT molecular complexity index is 702. The van der Waals surface area contributed by atoms with Crippen LogP contribution in [0.25, 0.3) is 0 Å². The van der Waals surface area contributed by atoms with E-state index in [2.05, 4.69) is 39.4 Å². The average molecular weight is 340 g/mol. The van der Waals surface area contributed by atoms with E-state index in [1.54, 1.807) is 11.3 Å². The number of nitriles is 1. The molecular formula is C19H24N4S. The first-order valence-electron chi connectivity index (χ1n) is 9.16. The molecule has 2 aliphatic rings. The van der Waals surface area contributed by atoms with Gasteiger partial charge in [-0.2, -0.15) is 16.6 Å². The lowest BCUT2D eigenvalue weighted by Gasteiger charge is -2.29. The zero-order chi connectivity index (χ0) is 16.4. The van der Waals surface area contributed by atoms with Gasteiger partial charge in [-0.05, 0) is 66.8 Å². The normalized spacial score (nSPS) is 21.3. The van der Waals surface area contributed by atoms with Crippen molar-refractivity contribution in [3.05, 3.63) is 34.3 Å². The fraction of sp³-hybridized carbons (Fsp3) is 0.632. The number of aryl methyl sites for hydroxylation is 1.